The van der Waals surface area contributed by atoms with E-state index in [0.29, 0.717) is 44.6 Å². The molecule has 1 aliphatic heterocycles. The van der Waals surface area contributed by atoms with Crippen molar-refractivity contribution in [1.29, 1.82) is 0 Å². The summed E-state index contributed by atoms with van der Waals surface area (Å²) in [5, 5.41) is 0. The number of benzene rings is 2. The Labute approximate surface area is 160 Å². The molecule has 0 unspecified atom stereocenters. The van der Waals surface area contributed by atoms with Gasteiger partial charge in [-0.1, -0.05) is 29.8 Å². The van der Waals surface area contributed by atoms with E-state index in [4.69, 9.17) is 4.74 Å². The second-order valence-electron chi connectivity index (χ2n) is 6.89. The molecule has 1 saturated heterocycles. The van der Waals surface area contributed by atoms with Gasteiger partial charge in [0.25, 0.3) is 5.91 Å². The average Bonchev–Trinajstić information content (AvgIpc) is 2.71. The van der Waals surface area contributed by atoms with Crippen molar-refractivity contribution in [3.63, 3.8) is 0 Å². The molecule has 27 heavy (non-hydrogen) atoms. The van der Waals surface area contributed by atoms with Gasteiger partial charge in [-0.15, -0.1) is 0 Å². The number of methoxy groups -OCH3 is 1. The van der Waals surface area contributed by atoms with Crippen molar-refractivity contribution < 1.29 is 14.3 Å². The third-order valence-electron chi connectivity index (χ3n) is 4.95. The van der Waals surface area contributed by atoms with E-state index in [-0.39, 0.29) is 11.8 Å². The molecular weight excluding hydrogens is 340 g/mol. The first-order valence-corrected chi connectivity index (χ1v) is 9.33. The fraction of sp³-hybridized carbons (Fsp3) is 0.364. The lowest BCUT2D eigenvalue weighted by molar-refractivity contribution is -0.132. The Balaban J connectivity index is 1.49. The van der Waals surface area contributed by atoms with Crippen molar-refractivity contribution in [2.75, 3.05) is 33.3 Å². The minimum absolute atomic E-state index is 0.0437. The van der Waals surface area contributed by atoms with Crippen LogP contribution in [-0.4, -0.2) is 54.9 Å². The zero-order valence-corrected chi connectivity index (χ0v) is 16.0. The molecule has 5 heteroatoms. The molecule has 0 aliphatic carbocycles. The minimum atomic E-state index is 0.0437. The van der Waals surface area contributed by atoms with E-state index in [1.54, 1.807) is 7.11 Å². The van der Waals surface area contributed by atoms with Crippen LogP contribution in [-0.2, 0) is 11.2 Å². The number of nitrogens with zero attached hydrogens (tertiary/aromatic N) is 2. The first kappa shape index (κ1) is 19.0. The number of carbonyl (C=O) groups excluding carboxylic acids is 2. The summed E-state index contributed by atoms with van der Waals surface area (Å²) in [7, 11) is 1.64. The highest BCUT2D eigenvalue weighted by Gasteiger charge is 2.24. The number of carbonyl (C=O) groups is 2. The number of hydrogen-bond acceptors (Lipinski definition) is 3. The smallest absolute Gasteiger partial charge is 0.253 e. The molecule has 1 fully saturated rings. The van der Waals surface area contributed by atoms with Crippen molar-refractivity contribution in [3.8, 4) is 5.75 Å². The number of ether oxygens (including phenoxy) is 1. The van der Waals surface area contributed by atoms with Crippen molar-refractivity contribution >= 4 is 11.8 Å². The molecule has 2 amide bonds. The van der Waals surface area contributed by atoms with Gasteiger partial charge in [0.05, 0.1) is 7.11 Å². The van der Waals surface area contributed by atoms with E-state index in [1.807, 2.05) is 65.3 Å². The van der Waals surface area contributed by atoms with Gasteiger partial charge in [0.15, 0.2) is 0 Å². The Bertz CT molecular complexity index is 811. The highest BCUT2D eigenvalue weighted by atomic mass is 16.5. The molecule has 1 aliphatic rings. The maximum absolute atomic E-state index is 12.6. The van der Waals surface area contributed by atoms with E-state index in [2.05, 4.69) is 0 Å². The largest absolute Gasteiger partial charge is 0.497 e. The summed E-state index contributed by atoms with van der Waals surface area (Å²) in [5.74, 6) is 0.992. The third-order valence-corrected chi connectivity index (χ3v) is 4.95. The zero-order chi connectivity index (χ0) is 19.2. The molecule has 0 saturated carbocycles. The molecule has 0 bridgehead atoms. The summed E-state index contributed by atoms with van der Waals surface area (Å²) in [6.07, 6.45) is 1.16. The normalized spacial score (nSPS) is 14.1. The fourth-order valence-corrected chi connectivity index (χ4v) is 3.36. The van der Waals surface area contributed by atoms with Crippen LogP contribution in [0.2, 0.25) is 0 Å². The molecule has 0 spiro atoms. The first-order valence-electron chi connectivity index (χ1n) is 9.33. The minimum Gasteiger partial charge on any atom is -0.497 e. The molecule has 3 rings (SSSR count). The van der Waals surface area contributed by atoms with E-state index in [1.165, 1.54) is 0 Å². The fourth-order valence-electron chi connectivity index (χ4n) is 3.36. The topological polar surface area (TPSA) is 49.9 Å². The van der Waals surface area contributed by atoms with Crippen LogP contribution in [0.4, 0.5) is 0 Å². The standard InChI is InChI=1S/C22H26N2O3/c1-17-5-3-7-19(15-17)22(26)24-13-11-23(12-14-24)21(25)10-9-18-6-4-8-20(16-18)27-2/h3-8,15-16H,9-14H2,1-2H3. The number of aryl methyl sites for hydroxylation is 2. The van der Waals surface area contributed by atoms with Crippen LogP contribution in [0.1, 0.15) is 27.9 Å². The number of rotatable bonds is 5. The lowest BCUT2D eigenvalue weighted by Crippen LogP contribution is -2.50. The molecular formula is C22H26N2O3. The van der Waals surface area contributed by atoms with Crippen LogP contribution in [0.15, 0.2) is 48.5 Å². The molecule has 2 aromatic rings. The maximum atomic E-state index is 12.6. The van der Waals surface area contributed by atoms with Crippen molar-refractivity contribution in [3.05, 3.63) is 65.2 Å². The van der Waals surface area contributed by atoms with Crippen LogP contribution in [0, 0.1) is 6.92 Å². The Morgan fingerprint density at radius 1 is 0.963 bits per heavy atom. The van der Waals surface area contributed by atoms with E-state index in [9.17, 15) is 9.59 Å². The van der Waals surface area contributed by atoms with Crippen molar-refractivity contribution in [2.45, 2.75) is 19.8 Å². The number of amides is 2. The van der Waals surface area contributed by atoms with Gasteiger partial charge in [-0.3, -0.25) is 9.59 Å². The predicted molar refractivity (Wildman–Crippen MR) is 105 cm³/mol. The van der Waals surface area contributed by atoms with E-state index in [0.717, 1.165) is 16.9 Å². The zero-order valence-electron chi connectivity index (χ0n) is 16.0. The quantitative estimate of drug-likeness (QED) is 0.818. The van der Waals surface area contributed by atoms with Gasteiger partial charge in [-0.2, -0.15) is 0 Å². The molecule has 0 radical (unpaired) electrons. The molecule has 0 N–H and O–H groups in total. The van der Waals surface area contributed by atoms with Gasteiger partial charge in [0.1, 0.15) is 5.75 Å². The lowest BCUT2D eigenvalue weighted by atomic mass is 10.1. The summed E-state index contributed by atoms with van der Waals surface area (Å²) in [6, 6.07) is 15.5. The van der Waals surface area contributed by atoms with Crippen LogP contribution in [0.25, 0.3) is 0 Å². The second kappa shape index (κ2) is 8.71. The summed E-state index contributed by atoms with van der Waals surface area (Å²) in [6.45, 7) is 4.33. The van der Waals surface area contributed by atoms with Crippen molar-refractivity contribution in [1.82, 2.24) is 9.80 Å². The Morgan fingerprint density at radius 2 is 1.67 bits per heavy atom. The Hall–Kier alpha value is -2.82. The van der Waals surface area contributed by atoms with Crippen LogP contribution in [0.3, 0.4) is 0 Å². The average molecular weight is 366 g/mol. The number of piperazine rings is 1. The van der Waals surface area contributed by atoms with Crippen LogP contribution < -0.4 is 4.74 Å². The van der Waals surface area contributed by atoms with Gasteiger partial charge >= 0.3 is 0 Å². The van der Waals surface area contributed by atoms with Crippen LogP contribution >= 0.6 is 0 Å². The molecule has 2 aromatic carbocycles. The third kappa shape index (κ3) is 4.88. The summed E-state index contributed by atoms with van der Waals surface area (Å²) in [4.78, 5) is 28.8. The summed E-state index contributed by atoms with van der Waals surface area (Å²) in [5.41, 5.74) is 2.89. The lowest BCUT2D eigenvalue weighted by Gasteiger charge is -2.35. The maximum Gasteiger partial charge on any atom is 0.253 e. The monoisotopic (exact) mass is 366 g/mol. The van der Waals surface area contributed by atoms with Gasteiger partial charge in [0.2, 0.25) is 5.91 Å². The van der Waals surface area contributed by atoms with Crippen LogP contribution in [0.5, 0.6) is 5.75 Å². The first-order chi connectivity index (χ1) is 13.1. The van der Waals surface area contributed by atoms with E-state index < -0.39 is 0 Å². The van der Waals surface area contributed by atoms with Gasteiger partial charge < -0.3 is 14.5 Å². The van der Waals surface area contributed by atoms with Gasteiger partial charge in [-0.05, 0) is 43.2 Å². The second-order valence-corrected chi connectivity index (χ2v) is 6.89. The molecule has 0 atom stereocenters. The SMILES string of the molecule is COc1cccc(CCC(=O)N2CCN(C(=O)c3cccc(C)c3)CC2)c1. The van der Waals surface area contributed by atoms with Gasteiger partial charge in [0, 0.05) is 38.2 Å². The molecule has 142 valence electrons. The van der Waals surface area contributed by atoms with E-state index >= 15 is 0 Å². The summed E-state index contributed by atoms with van der Waals surface area (Å²) >= 11 is 0. The number of hydrogen-bond donors (Lipinski definition) is 0. The molecule has 0 aromatic heterocycles. The Morgan fingerprint density at radius 3 is 2.37 bits per heavy atom. The van der Waals surface area contributed by atoms with Crippen molar-refractivity contribution in [2.24, 2.45) is 0 Å². The molecule has 1 heterocycles. The summed E-state index contributed by atoms with van der Waals surface area (Å²) < 4.78 is 5.22. The molecule has 5 nitrogen and oxygen atoms in total. The predicted octanol–water partition coefficient (Wildman–Crippen LogP) is 2.92. The van der Waals surface area contributed by atoms with Gasteiger partial charge in [-0.25, -0.2) is 0 Å². The highest BCUT2D eigenvalue weighted by Crippen LogP contribution is 2.15. The Kier molecular flexibility index (Phi) is 6.12. The highest BCUT2D eigenvalue weighted by molar-refractivity contribution is 5.94.